The number of ether oxygens (including phenoxy) is 1. The van der Waals surface area contributed by atoms with E-state index in [1.165, 1.54) is 36.4 Å². The third-order valence-corrected chi connectivity index (χ3v) is 7.83. The van der Waals surface area contributed by atoms with E-state index in [4.69, 9.17) is 4.74 Å². The van der Waals surface area contributed by atoms with Gasteiger partial charge in [-0.2, -0.15) is 0 Å². The molecule has 1 saturated carbocycles. The van der Waals surface area contributed by atoms with Crippen LogP contribution in [0.3, 0.4) is 0 Å². The van der Waals surface area contributed by atoms with Gasteiger partial charge in [0.15, 0.2) is 27.2 Å². The minimum atomic E-state index is -3.34. The van der Waals surface area contributed by atoms with Crippen LogP contribution >= 0.6 is 15.9 Å². The van der Waals surface area contributed by atoms with Gasteiger partial charge in [-0.3, -0.25) is 0 Å². The highest BCUT2D eigenvalue weighted by Crippen LogP contribution is 2.52. The van der Waals surface area contributed by atoms with Gasteiger partial charge in [-0.1, -0.05) is 12.1 Å². The lowest BCUT2D eigenvalue weighted by atomic mass is 10.1. The van der Waals surface area contributed by atoms with Gasteiger partial charge in [-0.15, -0.1) is 0 Å². The topological polar surface area (TPSA) is 72.4 Å². The molecule has 0 N–H and O–H groups in total. The lowest BCUT2D eigenvalue weighted by Crippen LogP contribution is -2.27. The van der Waals surface area contributed by atoms with Crippen molar-refractivity contribution in [2.45, 2.75) is 4.90 Å². The van der Waals surface area contributed by atoms with Gasteiger partial charge in [0.2, 0.25) is 5.95 Å². The van der Waals surface area contributed by atoms with E-state index in [0.717, 1.165) is 23.8 Å². The summed E-state index contributed by atoms with van der Waals surface area (Å²) in [4.78, 5) is 10.9. The van der Waals surface area contributed by atoms with Crippen molar-refractivity contribution < 1.29 is 21.9 Å². The van der Waals surface area contributed by atoms with Gasteiger partial charge in [0.1, 0.15) is 0 Å². The van der Waals surface area contributed by atoms with E-state index in [9.17, 15) is 17.2 Å². The Morgan fingerprint density at radius 1 is 1.03 bits per heavy atom. The molecular weight excluding hydrogens is 516 g/mol. The van der Waals surface area contributed by atoms with Crippen LogP contribution in [0.25, 0.3) is 11.1 Å². The van der Waals surface area contributed by atoms with Crippen LogP contribution in [0.2, 0.25) is 0 Å². The fourth-order valence-electron chi connectivity index (χ4n) is 4.47. The molecule has 33 heavy (non-hydrogen) atoms. The van der Waals surface area contributed by atoms with Crippen molar-refractivity contribution in [2.75, 3.05) is 30.9 Å². The van der Waals surface area contributed by atoms with Crippen LogP contribution in [0.1, 0.15) is 0 Å². The molecule has 1 aliphatic carbocycles. The van der Waals surface area contributed by atoms with Crippen molar-refractivity contribution in [1.82, 2.24) is 9.97 Å². The Balaban J connectivity index is 1.22. The van der Waals surface area contributed by atoms with Gasteiger partial charge >= 0.3 is 0 Å². The van der Waals surface area contributed by atoms with Crippen molar-refractivity contribution >= 4 is 31.7 Å². The maximum atomic E-state index is 14.7. The number of nitrogens with zero attached hydrogens (tertiary/aromatic N) is 3. The van der Waals surface area contributed by atoms with E-state index in [2.05, 4.69) is 30.8 Å². The van der Waals surface area contributed by atoms with Crippen molar-refractivity contribution in [3.05, 3.63) is 64.9 Å². The van der Waals surface area contributed by atoms with Crippen molar-refractivity contribution in [1.29, 1.82) is 0 Å². The summed E-state index contributed by atoms with van der Waals surface area (Å²) in [5.41, 5.74) is 0.824. The summed E-state index contributed by atoms with van der Waals surface area (Å²) in [6.07, 6.45) is 4.53. The summed E-state index contributed by atoms with van der Waals surface area (Å²) in [6.45, 7) is 1.85. The second-order valence-corrected chi connectivity index (χ2v) is 11.4. The summed E-state index contributed by atoms with van der Waals surface area (Å²) in [6, 6.07) is 8.29. The molecule has 6 nitrogen and oxygen atoms in total. The Bertz CT molecular complexity index is 1270. The van der Waals surface area contributed by atoms with Crippen LogP contribution in [0, 0.1) is 29.4 Å². The van der Waals surface area contributed by atoms with Crippen molar-refractivity contribution in [3.63, 3.8) is 0 Å². The second-order valence-electron chi connectivity index (χ2n) is 8.47. The first-order valence-corrected chi connectivity index (χ1v) is 13.0. The first-order chi connectivity index (χ1) is 15.7. The zero-order chi connectivity index (χ0) is 23.3. The van der Waals surface area contributed by atoms with E-state index in [1.807, 2.05) is 0 Å². The maximum Gasteiger partial charge on any atom is 0.225 e. The second kappa shape index (κ2) is 8.32. The van der Waals surface area contributed by atoms with Gasteiger partial charge in [0.05, 0.1) is 16.0 Å². The Morgan fingerprint density at radius 3 is 2.15 bits per heavy atom. The Hall–Kier alpha value is -2.59. The van der Waals surface area contributed by atoms with E-state index < -0.39 is 21.5 Å². The molecule has 2 unspecified atom stereocenters. The molecule has 2 aliphatic rings. The largest absolute Gasteiger partial charge is 0.487 e. The summed E-state index contributed by atoms with van der Waals surface area (Å²) >= 11 is 3.32. The van der Waals surface area contributed by atoms with Gasteiger partial charge in [0, 0.05) is 37.7 Å². The first-order valence-electron chi connectivity index (χ1n) is 10.4. The highest BCUT2D eigenvalue weighted by atomic mass is 79.9. The van der Waals surface area contributed by atoms with Crippen LogP contribution in [-0.4, -0.2) is 44.3 Å². The predicted molar refractivity (Wildman–Crippen MR) is 123 cm³/mol. The highest BCUT2D eigenvalue weighted by molar-refractivity contribution is 9.10. The number of rotatable bonds is 6. The van der Waals surface area contributed by atoms with Crippen LogP contribution in [-0.2, 0) is 9.84 Å². The smallest absolute Gasteiger partial charge is 0.225 e. The summed E-state index contributed by atoms with van der Waals surface area (Å²) in [5.74, 6) is -0.224. The number of hydrogen-bond acceptors (Lipinski definition) is 6. The molecule has 2 fully saturated rings. The Labute approximate surface area is 198 Å². The zero-order valence-electron chi connectivity index (χ0n) is 17.6. The lowest BCUT2D eigenvalue weighted by molar-refractivity contribution is 0.257. The number of sulfone groups is 1. The minimum absolute atomic E-state index is 0.146. The van der Waals surface area contributed by atoms with Crippen LogP contribution in [0.4, 0.5) is 14.7 Å². The number of piperidine rings is 1. The standard InChI is InChI=1S/C23H20BrF2N3O3S/c1-33(30,31)16-4-2-13(3-5-16)14-6-20(25)22(21(26)7-14)32-12-19-17-10-29(11-18(17)19)23-27-8-15(24)9-28-23/h2-9,17-19H,10-12H2,1H3/t17-,18?,19?/m0/s1. The number of hydrogen-bond donors (Lipinski definition) is 0. The minimum Gasteiger partial charge on any atom is -0.487 e. The van der Waals surface area contributed by atoms with Gasteiger partial charge in [0.25, 0.3) is 0 Å². The van der Waals surface area contributed by atoms with Gasteiger partial charge in [-0.25, -0.2) is 27.2 Å². The number of aromatic nitrogens is 2. The van der Waals surface area contributed by atoms with Gasteiger partial charge < -0.3 is 9.64 Å². The fraction of sp³-hybridized carbons (Fsp3) is 0.304. The molecule has 1 saturated heterocycles. The highest BCUT2D eigenvalue weighted by Gasteiger charge is 2.56. The van der Waals surface area contributed by atoms with Gasteiger partial charge in [-0.05, 0) is 63.2 Å². The summed E-state index contributed by atoms with van der Waals surface area (Å²) in [5, 5.41) is 0. The molecule has 172 valence electrons. The fourth-order valence-corrected chi connectivity index (χ4v) is 5.30. The normalized spacial score (nSPS) is 21.7. The molecule has 0 radical (unpaired) electrons. The molecule has 0 spiro atoms. The van der Waals surface area contributed by atoms with E-state index >= 15 is 0 Å². The third kappa shape index (κ3) is 4.46. The van der Waals surface area contributed by atoms with E-state index in [1.54, 1.807) is 12.4 Å². The third-order valence-electron chi connectivity index (χ3n) is 6.30. The molecule has 0 amide bonds. The number of benzene rings is 2. The monoisotopic (exact) mass is 535 g/mol. The molecule has 1 aliphatic heterocycles. The molecule has 2 aromatic carbocycles. The molecule has 3 aromatic rings. The summed E-state index contributed by atoms with van der Waals surface area (Å²) < 4.78 is 58.9. The van der Waals surface area contributed by atoms with Crippen molar-refractivity contribution in [2.24, 2.45) is 17.8 Å². The van der Waals surface area contributed by atoms with Crippen LogP contribution in [0.5, 0.6) is 5.75 Å². The number of anilines is 1. The average Bonchev–Trinajstić information content (AvgIpc) is 3.21. The Kier molecular flexibility index (Phi) is 5.60. The number of halogens is 3. The maximum absolute atomic E-state index is 14.7. The molecule has 2 heterocycles. The molecule has 3 atom stereocenters. The molecule has 0 bridgehead atoms. The Morgan fingerprint density at radius 2 is 1.61 bits per heavy atom. The van der Waals surface area contributed by atoms with E-state index in [-0.39, 0.29) is 23.2 Å². The molecule has 5 rings (SSSR count). The average molecular weight is 536 g/mol. The summed E-state index contributed by atoms with van der Waals surface area (Å²) in [7, 11) is -3.34. The SMILES string of the molecule is CS(=O)(=O)c1ccc(-c2cc(F)c(OCC3C4CN(c5ncc(Br)cn5)C[C@H]34)c(F)c2)cc1. The number of fused-ring (bicyclic) bond motifs is 1. The molecule has 10 heteroatoms. The molecular formula is C23H20BrF2N3O3S. The molecule has 1 aromatic heterocycles. The van der Waals surface area contributed by atoms with E-state index in [0.29, 0.717) is 28.9 Å². The lowest BCUT2D eigenvalue weighted by Gasteiger charge is -2.19. The predicted octanol–water partition coefficient (Wildman–Crippen LogP) is 4.35. The van der Waals surface area contributed by atoms with Crippen LogP contribution in [0.15, 0.2) is 58.2 Å². The quantitative estimate of drug-likeness (QED) is 0.467. The van der Waals surface area contributed by atoms with Crippen LogP contribution < -0.4 is 9.64 Å². The first kappa shape index (κ1) is 22.2. The zero-order valence-corrected chi connectivity index (χ0v) is 20.0. The van der Waals surface area contributed by atoms with Crippen molar-refractivity contribution in [3.8, 4) is 16.9 Å².